The summed E-state index contributed by atoms with van der Waals surface area (Å²) < 4.78 is 13.1. The van der Waals surface area contributed by atoms with Crippen LogP contribution in [0.5, 0.6) is 0 Å². The van der Waals surface area contributed by atoms with Gasteiger partial charge in [0.1, 0.15) is 5.82 Å². The second kappa shape index (κ2) is 6.81. The molecule has 1 aliphatic rings. The summed E-state index contributed by atoms with van der Waals surface area (Å²) in [5.74, 6) is -0.314. The summed E-state index contributed by atoms with van der Waals surface area (Å²) in [6, 6.07) is 6.39. The third-order valence-electron chi connectivity index (χ3n) is 3.73. The third-order valence-corrected chi connectivity index (χ3v) is 3.73. The summed E-state index contributed by atoms with van der Waals surface area (Å²) in [6.45, 7) is 3.97. The lowest BCUT2D eigenvalue weighted by Gasteiger charge is -2.29. The van der Waals surface area contributed by atoms with E-state index in [9.17, 15) is 9.18 Å². The molecule has 0 saturated carbocycles. The highest BCUT2D eigenvalue weighted by Crippen LogP contribution is 2.13. The fourth-order valence-corrected chi connectivity index (χ4v) is 2.46. The fraction of sp³-hybridized carbons (Fsp3) is 0.533. The van der Waals surface area contributed by atoms with Crippen LogP contribution in [0.15, 0.2) is 24.3 Å². The molecule has 0 aliphatic carbocycles. The van der Waals surface area contributed by atoms with Crippen molar-refractivity contribution in [3.63, 3.8) is 0 Å². The van der Waals surface area contributed by atoms with Crippen molar-refractivity contribution in [3.05, 3.63) is 35.6 Å². The van der Waals surface area contributed by atoms with Crippen LogP contribution >= 0.6 is 0 Å². The molecule has 5 heteroatoms. The number of hydrogen-bond donors (Lipinski definition) is 2. The summed E-state index contributed by atoms with van der Waals surface area (Å²) in [5, 5.41) is 2.90. The number of piperidine rings is 1. The van der Waals surface area contributed by atoms with Crippen LogP contribution in [-0.2, 0) is 4.79 Å². The smallest absolute Gasteiger partial charge is 0.234 e. The van der Waals surface area contributed by atoms with Gasteiger partial charge in [-0.3, -0.25) is 9.69 Å². The molecule has 0 bridgehead atoms. The lowest BCUT2D eigenvalue weighted by Crippen LogP contribution is -2.44. The second-order valence-electron chi connectivity index (χ2n) is 5.46. The molecule has 4 nitrogen and oxygen atoms in total. The molecule has 20 heavy (non-hydrogen) atoms. The number of nitrogens with two attached hydrogens (primary N) is 1. The van der Waals surface area contributed by atoms with E-state index < -0.39 is 0 Å². The van der Waals surface area contributed by atoms with Crippen molar-refractivity contribution in [2.45, 2.75) is 31.8 Å². The van der Waals surface area contributed by atoms with E-state index in [4.69, 9.17) is 5.73 Å². The van der Waals surface area contributed by atoms with Gasteiger partial charge in [0.2, 0.25) is 5.91 Å². The average molecular weight is 279 g/mol. The van der Waals surface area contributed by atoms with Crippen molar-refractivity contribution in [2.75, 3.05) is 19.6 Å². The van der Waals surface area contributed by atoms with Crippen molar-refractivity contribution < 1.29 is 9.18 Å². The molecule has 0 unspecified atom stereocenters. The molecular weight excluding hydrogens is 257 g/mol. The Labute approximate surface area is 119 Å². The maximum atomic E-state index is 13.1. The monoisotopic (exact) mass is 279 g/mol. The van der Waals surface area contributed by atoms with Gasteiger partial charge in [0.25, 0.3) is 0 Å². The largest absolute Gasteiger partial charge is 0.348 e. The molecule has 0 spiro atoms. The van der Waals surface area contributed by atoms with Crippen molar-refractivity contribution in [2.24, 2.45) is 5.73 Å². The van der Waals surface area contributed by atoms with E-state index in [0.29, 0.717) is 6.54 Å². The molecule has 0 radical (unpaired) electrons. The highest BCUT2D eigenvalue weighted by molar-refractivity contribution is 5.78. The fourth-order valence-electron chi connectivity index (χ4n) is 2.46. The molecule has 110 valence electrons. The molecule has 1 amide bonds. The van der Waals surface area contributed by atoms with Crippen molar-refractivity contribution in [1.29, 1.82) is 0 Å². The van der Waals surface area contributed by atoms with Crippen LogP contribution in [0.4, 0.5) is 4.39 Å². The van der Waals surface area contributed by atoms with Crippen LogP contribution in [0.3, 0.4) is 0 Å². The number of hydrogen-bond acceptors (Lipinski definition) is 3. The maximum Gasteiger partial charge on any atom is 0.234 e. The Morgan fingerprint density at radius 2 is 2.20 bits per heavy atom. The number of carbonyl (C=O) groups excluding carboxylic acids is 1. The minimum absolute atomic E-state index is 0.0303. The van der Waals surface area contributed by atoms with Gasteiger partial charge in [0, 0.05) is 19.1 Å². The summed E-state index contributed by atoms with van der Waals surface area (Å²) in [5.41, 5.74) is 6.61. The first-order valence-electron chi connectivity index (χ1n) is 7.07. The lowest BCUT2D eigenvalue weighted by molar-refractivity contribution is -0.123. The standard InChI is InChI=1S/C15H22FN3O/c1-11(12-3-2-4-13(16)9-12)18-15(20)10-19-7-5-14(17)6-8-19/h2-4,9,11,14H,5-8,10,17H2,1H3,(H,18,20)/t11-/m0/s1. The number of carbonyl (C=O) groups is 1. The summed E-state index contributed by atoms with van der Waals surface area (Å²) in [7, 11) is 0. The van der Waals surface area contributed by atoms with E-state index in [1.54, 1.807) is 6.07 Å². The highest BCUT2D eigenvalue weighted by Gasteiger charge is 2.19. The molecule has 1 aliphatic heterocycles. The normalized spacial score (nSPS) is 18.8. The summed E-state index contributed by atoms with van der Waals surface area (Å²) in [6.07, 6.45) is 1.87. The minimum atomic E-state index is -0.284. The molecule has 1 atom stereocenters. The Hall–Kier alpha value is -1.46. The Balaban J connectivity index is 1.82. The van der Waals surface area contributed by atoms with Crippen LogP contribution in [-0.4, -0.2) is 36.5 Å². The number of nitrogens with one attached hydrogen (secondary N) is 1. The first kappa shape index (κ1) is 14.9. The molecule has 0 aromatic heterocycles. The first-order valence-corrected chi connectivity index (χ1v) is 7.07. The van der Waals surface area contributed by atoms with E-state index in [0.717, 1.165) is 31.5 Å². The van der Waals surface area contributed by atoms with E-state index in [2.05, 4.69) is 10.2 Å². The van der Waals surface area contributed by atoms with Gasteiger partial charge in [-0.1, -0.05) is 12.1 Å². The van der Waals surface area contributed by atoms with E-state index in [1.807, 2.05) is 13.0 Å². The average Bonchev–Trinajstić information content (AvgIpc) is 2.41. The van der Waals surface area contributed by atoms with Crippen LogP contribution in [0.2, 0.25) is 0 Å². The highest BCUT2D eigenvalue weighted by atomic mass is 19.1. The Kier molecular flexibility index (Phi) is 5.09. The van der Waals surface area contributed by atoms with Crippen molar-refractivity contribution in [1.82, 2.24) is 10.2 Å². The topological polar surface area (TPSA) is 58.4 Å². The third kappa shape index (κ3) is 4.28. The molecule has 1 heterocycles. The van der Waals surface area contributed by atoms with Crippen molar-refractivity contribution >= 4 is 5.91 Å². The van der Waals surface area contributed by atoms with E-state index in [-0.39, 0.29) is 23.8 Å². The Bertz CT molecular complexity index is 458. The quantitative estimate of drug-likeness (QED) is 0.876. The lowest BCUT2D eigenvalue weighted by atomic mass is 10.1. The maximum absolute atomic E-state index is 13.1. The molecule has 1 saturated heterocycles. The van der Waals surface area contributed by atoms with Crippen LogP contribution in [0.1, 0.15) is 31.4 Å². The number of benzene rings is 1. The predicted octanol–water partition coefficient (Wildman–Crippen LogP) is 1.43. The molecule has 1 fully saturated rings. The number of amides is 1. The number of rotatable bonds is 4. The Morgan fingerprint density at radius 1 is 1.50 bits per heavy atom. The van der Waals surface area contributed by atoms with Gasteiger partial charge in [-0.05, 0) is 37.5 Å². The van der Waals surface area contributed by atoms with Gasteiger partial charge in [0.05, 0.1) is 12.6 Å². The Morgan fingerprint density at radius 3 is 2.85 bits per heavy atom. The summed E-state index contributed by atoms with van der Waals surface area (Å²) >= 11 is 0. The van der Waals surface area contributed by atoms with E-state index >= 15 is 0 Å². The first-order chi connectivity index (χ1) is 9.54. The second-order valence-corrected chi connectivity index (χ2v) is 5.46. The molecule has 1 aromatic carbocycles. The van der Waals surface area contributed by atoms with Gasteiger partial charge in [-0.25, -0.2) is 4.39 Å². The van der Waals surface area contributed by atoms with Gasteiger partial charge in [-0.2, -0.15) is 0 Å². The number of nitrogens with zero attached hydrogens (tertiary/aromatic N) is 1. The summed E-state index contributed by atoms with van der Waals surface area (Å²) in [4.78, 5) is 14.1. The van der Waals surface area contributed by atoms with Gasteiger partial charge >= 0.3 is 0 Å². The molecular formula is C15H22FN3O. The van der Waals surface area contributed by atoms with Crippen LogP contribution in [0.25, 0.3) is 0 Å². The zero-order valence-electron chi connectivity index (χ0n) is 11.8. The zero-order valence-corrected chi connectivity index (χ0v) is 11.8. The zero-order chi connectivity index (χ0) is 14.5. The van der Waals surface area contributed by atoms with Crippen LogP contribution in [0, 0.1) is 5.82 Å². The molecule has 3 N–H and O–H groups in total. The van der Waals surface area contributed by atoms with Gasteiger partial charge in [-0.15, -0.1) is 0 Å². The van der Waals surface area contributed by atoms with Gasteiger partial charge in [0.15, 0.2) is 0 Å². The van der Waals surface area contributed by atoms with Crippen LogP contribution < -0.4 is 11.1 Å². The SMILES string of the molecule is C[C@H](NC(=O)CN1CCC(N)CC1)c1cccc(F)c1. The predicted molar refractivity (Wildman–Crippen MR) is 76.6 cm³/mol. The van der Waals surface area contributed by atoms with Crippen molar-refractivity contribution in [3.8, 4) is 0 Å². The van der Waals surface area contributed by atoms with Gasteiger partial charge < -0.3 is 11.1 Å². The van der Waals surface area contributed by atoms with E-state index in [1.165, 1.54) is 12.1 Å². The minimum Gasteiger partial charge on any atom is -0.348 e. The molecule has 2 rings (SSSR count). The molecule has 1 aromatic rings. The number of likely N-dealkylation sites (tertiary alicyclic amines) is 1. The number of halogens is 1.